The molecule has 0 unspecified atom stereocenters. The maximum absolute atomic E-state index is 12.4. The summed E-state index contributed by atoms with van der Waals surface area (Å²) in [5, 5.41) is 14.8. The summed E-state index contributed by atoms with van der Waals surface area (Å²) in [6.07, 6.45) is 0.0231. The summed E-state index contributed by atoms with van der Waals surface area (Å²) in [5.41, 5.74) is 13.3. The van der Waals surface area contributed by atoms with E-state index < -0.39 is 32.4 Å². The van der Waals surface area contributed by atoms with Crippen LogP contribution in [0.25, 0.3) is 11.1 Å². The predicted molar refractivity (Wildman–Crippen MR) is 125 cm³/mol. The first-order chi connectivity index (χ1) is 15.5. The molecule has 0 bridgehead atoms. The number of nitrogen functional groups attached to an aromatic ring is 1. The summed E-state index contributed by atoms with van der Waals surface area (Å²) in [7, 11) is -4.43. The number of hydrogen-bond donors (Lipinski definition) is 4. The van der Waals surface area contributed by atoms with Gasteiger partial charge in [-0.1, -0.05) is 54.3 Å². The third-order valence-electron chi connectivity index (χ3n) is 5.06. The Balaban J connectivity index is 2.26. The van der Waals surface area contributed by atoms with Crippen molar-refractivity contribution in [1.82, 2.24) is 0 Å². The highest BCUT2D eigenvalue weighted by molar-refractivity contribution is 7.89. The van der Waals surface area contributed by atoms with Crippen molar-refractivity contribution < 1.29 is 23.1 Å². The molecule has 3 rings (SSSR count). The first-order valence-electron chi connectivity index (χ1n) is 9.67. The second-order valence-corrected chi connectivity index (χ2v) is 8.75. The van der Waals surface area contributed by atoms with Crippen molar-refractivity contribution in [3.05, 3.63) is 82.4 Å². The maximum atomic E-state index is 12.4. The number of primary sulfonamides is 1. The molecule has 1 amide bonds. The number of primary amides is 1. The lowest BCUT2D eigenvalue weighted by molar-refractivity contribution is 0.0695. The number of sulfonamides is 1. The molecule has 0 heterocycles. The molecule has 3 aromatic carbocycles. The second kappa shape index (κ2) is 9.16. The first-order valence-corrected chi connectivity index (χ1v) is 11.2. The molecule has 168 valence electrons. The number of rotatable bonds is 5. The Labute approximate surface area is 191 Å². The molecule has 7 N–H and O–H groups in total. The van der Waals surface area contributed by atoms with Crippen LogP contribution in [0.1, 0.15) is 37.4 Å². The minimum atomic E-state index is -4.43. The third kappa shape index (κ3) is 4.87. The van der Waals surface area contributed by atoms with Crippen molar-refractivity contribution in [2.24, 2.45) is 10.9 Å². The van der Waals surface area contributed by atoms with Crippen LogP contribution >= 0.6 is 0 Å². The fraction of sp³-hybridized carbons (Fsp3) is 0.0833. The molecule has 0 spiro atoms. The van der Waals surface area contributed by atoms with Crippen molar-refractivity contribution in [2.45, 2.75) is 18.2 Å². The number of carbonyl (C=O) groups is 2. The molecular formula is C24H21N3O5S. The van der Waals surface area contributed by atoms with Crippen molar-refractivity contribution in [2.75, 3.05) is 5.73 Å². The topological polar surface area (TPSA) is 167 Å². The van der Waals surface area contributed by atoms with E-state index in [1.165, 1.54) is 12.1 Å². The number of nitrogens with two attached hydrogens (primary N) is 3. The average Bonchev–Trinajstić information content (AvgIpc) is 2.74. The molecule has 0 aliphatic carbocycles. The van der Waals surface area contributed by atoms with Gasteiger partial charge in [-0.15, -0.1) is 0 Å². The standard InChI is InChI=1S/C24H21N3O5S/c1-14-7-5-12-18(24(29)30)17(14)11-6-10-16-13-19(15-8-3-2-4-9-15)21(25)20(23(26)28)22(16)33(27,31)32/h2-5,7-9,12-13H,11,25H2,1H3,(H2,26,28)(H,29,30)(H2,27,31,32). The lowest BCUT2D eigenvalue weighted by atomic mass is 9.96. The third-order valence-corrected chi connectivity index (χ3v) is 6.06. The highest BCUT2D eigenvalue weighted by Crippen LogP contribution is 2.35. The summed E-state index contributed by atoms with van der Waals surface area (Å²) in [6, 6.07) is 15.0. The Kier molecular flexibility index (Phi) is 6.53. The number of carboxylic acid groups (broad SMARTS) is 1. The minimum absolute atomic E-state index is 0.0231. The van der Waals surface area contributed by atoms with Gasteiger partial charge in [0.25, 0.3) is 5.91 Å². The molecule has 0 aromatic heterocycles. The highest BCUT2D eigenvalue weighted by atomic mass is 32.2. The summed E-state index contributed by atoms with van der Waals surface area (Å²) >= 11 is 0. The van der Waals surface area contributed by atoms with Crippen molar-refractivity contribution >= 4 is 27.6 Å². The first kappa shape index (κ1) is 23.5. The number of aromatic carboxylic acids is 1. The van der Waals surface area contributed by atoms with E-state index in [4.69, 9.17) is 16.6 Å². The maximum Gasteiger partial charge on any atom is 0.336 e. The van der Waals surface area contributed by atoms with Gasteiger partial charge in [0.05, 0.1) is 16.8 Å². The van der Waals surface area contributed by atoms with E-state index in [2.05, 4.69) is 11.8 Å². The van der Waals surface area contributed by atoms with Crippen molar-refractivity contribution in [3.8, 4) is 23.0 Å². The number of carboxylic acids is 1. The molecule has 33 heavy (non-hydrogen) atoms. The van der Waals surface area contributed by atoms with E-state index in [-0.39, 0.29) is 23.2 Å². The monoisotopic (exact) mass is 463 g/mol. The van der Waals surface area contributed by atoms with Crippen LogP contribution in [0.5, 0.6) is 0 Å². The van der Waals surface area contributed by atoms with E-state index in [9.17, 15) is 23.1 Å². The van der Waals surface area contributed by atoms with Gasteiger partial charge in [-0.05, 0) is 35.7 Å². The van der Waals surface area contributed by atoms with Gasteiger partial charge < -0.3 is 16.6 Å². The number of amides is 1. The Morgan fingerprint density at radius 1 is 1.06 bits per heavy atom. The molecule has 3 aromatic rings. The smallest absolute Gasteiger partial charge is 0.336 e. The molecule has 0 aliphatic rings. The molecular weight excluding hydrogens is 442 g/mol. The zero-order valence-electron chi connectivity index (χ0n) is 17.6. The van der Waals surface area contributed by atoms with Crippen molar-refractivity contribution in [3.63, 3.8) is 0 Å². The van der Waals surface area contributed by atoms with Crippen molar-refractivity contribution in [1.29, 1.82) is 0 Å². The second-order valence-electron chi connectivity index (χ2n) is 7.25. The molecule has 0 saturated heterocycles. The van der Waals surface area contributed by atoms with Crippen LogP contribution < -0.4 is 16.6 Å². The van der Waals surface area contributed by atoms with E-state index in [1.807, 2.05) is 0 Å². The van der Waals surface area contributed by atoms with Gasteiger partial charge in [-0.2, -0.15) is 0 Å². The van der Waals surface area contributed by atoms with Gasteiger partial charge in [0, 0.05) is 17.5 Å². The predicted octanol–water partition coefficient (Wildman–Crippen LogP) is 2.28. The fourth-order valence-electron chi connectivity index (χ4n) is 3.53. The number of aryl methyl sites for hydroxylation is 1. The van der Waals surface area contributed by atoms with Gasteiger partial charge in [-0.3, -0.25) is 4.79 Å². The quantitative estimate of drug-likeness (QED) is 0.334. The highest BCUT2D eigenvalue weighted by Gasteiger charge is 2.27. The zero-order chi connectivity index (χ0) is 24.3. The van der Waals surface area contributed by atoms with Crippen LogP contribution in [0.15, 0.2) is 59.5 Å². The van der Waals surface area contributed by atoms with Gasteiger partial charge in [-0.25, -0.2) is 18.4 Å². The summed E-state index contributed by atoms with van der Waals surface area (Å²) < 4.78 is 24.8. The summed E-state index contributed by atoms with van der Waals surface area (Å²) in [4.78, 5) is 23.2. The Hall–Kier alpha value is -4.13. The van der Waals surface area contributed by atoms with Crippen LogP contribution in [0.2, 0.25) is 0 Å². The Bertz CT molecular complexity index is 1440. The molecule has 0 saturated carbocycles. The van der Waals surface area contributed by atoms with Gasteiger partial charge in [0.15, 0.2) is 0 Å². The van der Waals surface area contributed by atoms with E-state index in [1.54, 1.807) is 49.4 Å². The Morgan fingerprint density at radius 3 is 2.30 bits per heavy atom. The summed E-state index contributed by atoms with van der Waals surface area (Å²) in [5.74, 6) is 3.37. The SMILES string of the molecule is Cc1cccc(C(=O)O)c1CC#Cc1cc(-c2ccccc2)c(N)c(C(N)=O)c1S(N)(=O)=O. The van der Waals surface area contributed by atoms with Gasteiger partial charge in [0.1, 0.15) is 4.90 Å². The van der Waals surface area contributed by atoms with Crippen LogP contribution in [0.3, 0.4) is 0 Å². The van der Waals surface area contributed by atoms with Gasteiger partial charge in [0.2, 0.25) is 10.0 Å². The lowest BCUT2D eigenvalue weighted by Crippen LogP contribution is -2.24. The molecule has 0 atom stereocenters. The number of benzene rings is 3. The molecule has 0 aliphatic heterocycles. The average molecular weight is 464 g/mol. The largest absolute Gasteiger partial charge is 0.478 e. The Morgan fingerprint density at radius 2 is 1.73 bits per heavy atom. The van der Waals surface area contributed by atoms with E-state index in [0.29, 0.717) is 16.7 Å². The fourth-order valence-corrected chi connectivity index (χ4v) is 4.45. The molecule has 9 heteroatoms. The van der Waals surface area contributed by atoms with E-state index >= 15 is 0 Å². The van der Waals surface area contributed by atoms with Crippen LogP contribution in [0, 0.1) is 18.8 Å². The van der Waals surface area contributed by atoms with Gasteiger partial charge >= 0.3 is 5.97 Å². The molecule has 8 nitrogen and oxygen atoms in total. The summed E-state index contributed by atoms with van der Waals surface area (Å²) in [6.45, 7) is 1.75. The lowest BCUT2D eigenvalue weighted by Gasteiger charge is -2.15. The van der Waals surface area contributed by atoms with Crippen LogP contribution in [-0.4, -0.2) is 25.4 Å². The van der Waals surface area contributed by atoms with Crippen LogP contribution in [-0.2, 0) is 16.4 Å². The minimum Gasteiger partial charge on any atom is -0.478 e. The normalized spacial score (nSPS) is 10.8. The van der Waals surface area contributed by atoms with Crippen LogP contribution in [0.4, 0.5) is 5.69 Å². The van der Waals surface area contributed by atoms with E-state index in [0.717, 1.165) is 5.56 Å². The number of hydrogen-bond acceptors (Lipinski definition) is 5. The zero-order valence-corrected chi connectivity index (χ0v) is 18.4. The molecule has 0 fully saturated rings. The number of carbonyl (C=O) groups excluding carboxylic acids is 1. The number of anilines is 1. The molecule has 0 radical (unpaired) electrons.